The highest BCUT2D eigenvalue weighted by atomic mass is 79.9. The molecular formula is C14H12BrClO. The monoisotopic (exact) mass is 310 g/mol. The third-order valence-corrected chi connectivity index (χ3v) is 3.29. The van der Waals surface area contributed by atoms with Crippen LogP contribution in [0.5, 0.6) is 11.5 Å². The molecule has 2 rings (SSSR count). The largest absolute Gasteiger partial charge is 0.457 e. The topological polar surface area (TPSA) is 9.23 Å². The molecule has 0 fully saturated rings. The van der Waals surface area contributed by atoms with Crippen molar-refractivity contribution in [1.82, 2.24) is 0 Å². The van der Waals surface area contributed by atoms with Crippen LogP contribution >= 0.6 is 27.5 Å². The molecule has 0 aliphatic rings. The lowest BCUT2D eigenvalue weighted by atomic mass is 10.1. The predicted molar refractivity (Wildman–Crippen MR) is 75.0 cm³/mol. The Bertz CT molecular complexity index is 508. The molecular weight excluding hydrogens is 300 g/mol. The summed E-state index contributed by atoms with van der Waals surface area (Å²) in [5.74, 6) is 2.17. The molecule has 0 aliphatic heterocycles. The van der Waals surface area contributed by atoms with Crippen LogP contribution in [0.3, 0.4) is 0 Å². The molecule has 17 heavy (non-hydrogen) atoms. The molecule has 0 atom stereocenters. The predicted octanol–water partition coefficient (Wildman–Crippen LogP) is 5.29. The molecule has 0 unspecified atom stereocenters. The number of halogens is 2. The first-order valence-electron chi connectivity index (χ1n) is 5.28. The molecule has 0 saturated heterocycles. The zero-order chi connectivity index (χ0) is 12.3. The molecule has 0 aromatic heterocycles. The van der Waals surface area contributed by atoms with Gasteiger partial charge in [0.1, 0.15) is 11.5 Å². The van der Waals surface area contributed by atoms with Crippen LogP contribution in [0.15, 0.2) is 46.9 Å². The first-order valence-corrected chi connectivity index (χ1v) is 6.60. The summed E-state index contributed by atoms with van der Waals surface area (Å²) in [6, 6.07) is 13.8. The molecule has 0 aliphatic carbocycles. The molecule has 0 saturated carbocycles. The summed E-state index contributed by atoms with van der Waals surface area (Å²) in [7, 11) is 0. The van der Waals surface area contributed by atoms with Crippen molar-refractivity contribution in [3.63, 3.8) is 0 Å². The molecule has 2 aromatic carbocycles. The van der Waals surface area contributed by atoms with Gasteiger partial charge in [-0.1, -0.05) is 28.1 Å². The summed E-state index contributed by atoms with van der Waals surface area (Å²) < 4.78 is 6.87. The van der Waals surface area contributed by atoms with Gasteiger partial charge in [0.2, 0.25) is 0 Å². The van der Waals surface area contributed by atoms with Gasteiger partial charge in [-0.15, -0.1) is 11.6 Å². The van der Waals surface area contributed by atoms with Crippen LogP contribution in [-0.4, -0.2) is 0 Å². The van der Waals surface area contributed by atoms with Crippen LogP contribution in [0.25, 0.3) is 0 Å². The summed E-state index contributed by atoms with van der Waals surface area (Å²) in [4.78, 5) is 0. The fourth-order valence-corrected chi connectivity index (χ4v) is 1.90. The maximum absolute atomic E-state index is 5.83. The number of rotatable bonds is 3. The van der Waals surface area contributed by atoms with Crippen molar-refractivity contribution in [2.24, 2.45) is 0 Å². The third kappa shape index (κ3) is 3.24. The van der Waals surface area contributed by atoms with Gasteiger partial charge in [-0.2, -0.15) is 0 Å². The van der Waals surface area contributed by atoms with Crippen LogP contribution in [0.4, 0.5) is 0 Å². The van der Waals surface area contributed by atoms with Crippen molar-refractivity contribution in [3.05, 3.63) is 58.1 Å². The van der Waals surface area contributed by atoms with Gasteiger partial charge < -0.3 is 4.74 Å². The molecule has 0 heterocycles. The van der Waals surface area contributed by atoms with E-state index in [0.29, 0.717) is 5.88 Å². The van der Waals surface area contributed by atoms with E-state index in [1.165, 1.54) is 0 Å². The van der Waals surface area contributed by atoms with Crippen molar-refractivity contribution >= 4 is 27.5 Å². The first kappa shape index (κ1) is 12.5. The Morgan fingerprint density at radius 2 is 1.82 bits per heavy atom. The number of aryl methyl sites for hydroxylation is 1. The minimum absolute atomic E-state index is 0.497. The molecule has 88 valence electrons. The second-order valence-electron chi connectivity index (χ2n) is 3.79. The van der Waals surface area contributed by atoms with E-state index < -0.39 is 0 Å². The zero-order valence-corrected chi connectivity index (χ0v) is 11.8. The Morgan fingerprint density at radius 3 is 2.47 bits per heavy atom. The summed E-state index contributed by atoms with van der Waals surface area (Å²) in [6.45, 7) is 2.02. The molecule has 0 amide bonds. The van der Waals surface area contributed by atoms with Crippen LogP contribution < -0.4 is 4.74 Å². The molecule has 0 radical (unpaired) electrons. The van der Waals surface area contributed by atoms with Crippen molar-refractivity contribution in [2.45, 2.75) is 12.8 Å². The highest BCUT2D eigenvalue weighted by Crippen LogP contribution is 2.27. The lowest BCUT2D eigenvalue weighted by Crippen LogP contribution is -1.89. The summed E-state index contributed by atoms with van der Waals surface area (Å²) in [5, 5.41) is 0. The van der Waals surface area contributed by atoms with Gasteiger partial charge in [0, 0.05) is 10.4 Å². The van der Waals surface area contributed by atoms with Crippen LogP contribution in [0.1, 0.15) is 11.1 Å². The van der Waals surface area contributed by atoms with Gasteiger partial charge >= 0.3 is 0 Å². The quantitative estimate of drug-likeness (QED) is 0.700. The van der Waals surface area contributed by atoms with Gasteiger partial charge in [0.25, 0.3) is 0 Å². The van der Waals surface area contributed by atoms with E-state index in [-0.39, 0.29) is 0 Å². The average Bonchev–Trinajstić information content (AvgIpc) is 2.35. The number of hydrogen-bond donors (Lipinski definition) is 0. The van der Waals surface area contributed by atoms with E-state index in [1.807, 2.05) is 49.4 Å². The summed E-state index contributed by atoms with van der Waals surface area (Å²) in [5.41, 5.74) is 2.16. The Hall–Kier alpha value is -0.990. The second kappa shape index (κ2) is 5.56. The molecule has 0 N–H and O–H groups in total. The van der Waals surface area contributed by atoms with Gasteiger partial charge in [-0.3, -0.25) is 0 Å². The highest BCUT2D eigenvalue weighted by molar-refractivity contribution is 9.10. The maximum Gasteiger partial charge on any atom is 0.130 e. The van der Waals surface area contributed by atoms with Crippen molar-refractivity contribution in [2.75, 3.05) is 0 Å². The van der Waals surface area contributed by atoms with Gasteiger partial charge in [0.15, 0.2) is 0 Å². The Labute approximate surface area is 115 Å². The number of benzene rings is 2. The van der Waals surface area contributed by atoms with E-state index in [9.17, 15) is 0 Å². The minimum atomic E-state index is 0.497. The minimum Gasteiger partial charge on any atom is -0.457 e. The number of hydrogen-bond acceptors (Lipinski definition) is 1. The number of alkyl halides is 1. The molecule has 1 nitrogen and oxygen atoms in total. The lowest BCUT2D eigenvalue weighted by molar-refractivity contribution is 0.478. The third-order valence-electron chi connectivity index (χ3n) is 2.45. The van der Waals surface area contributed by atoms with Gasteiger partial charge in [-0.05, 0) is 48.4 Å². The van der Waals surface area contributed by atoms with E-state index in [1.54, 1.807) is 0 Å². The van der Waals surface area contributed by atoms with E-state index >= 15 is 0 Å². The SMILES string of the molecule is Cc1ccc(CCl)cc1Oc1ccc(Br)cc1. The summed E-state index contributed by atoms with van der Waals surface area (Å²) >= 11 is 9.21. The molecule has 0 spiro atoms. The highest BCUT2D eigenvalue weighted by Gasteiger charge is 2.03. The van der Waals surface area contributed by atoms with Gasteiger partial charge in [-0.25, -0.2) is 0 Å². The van der Waals surface area contributed by atoms with Crippen LogP contribution in [-0.2, 0) is 5.88 Å². The Balaban J connectivity index is 2.25. The maximum atomic E-state index is 5.83. The van der Waals surface area contributed by atoms with Crippen LogP contribution in [0, 0.1) is 6.92 Å². The van der Waals surface area contributed by atoms with Crippen LogP contribution in [0.2, 0.25) is 0 Å². The van der Waals surface area contributed by atoms with E-state index in [4.69, 9.17) is 16.3 Å². The molecule has 2 aromatic rings. The number of ether oxygens (including phenoxy) is 1. The van der Waals surface area contributed by atoms with Crippen molar-refractivity contribution < 1.29 is 4.74 Å². The van der Waals surface area contributed by atoms with E-state index in [0.717, 1.165) is 27.1 Å². The molecule has 3 heteroatoms. The van der Waals surface area contributed by atoms with Crippen molar-refractivity contribution in [1.29, 1.82) is 0 Å². The standard InChI is InChI=1S/C14H12BrClO/c1-10-2-3-11(9-16)8-14(10)17-13-6-4-12(15)5-7-13/h2-8H,9H2,1H3. The molecule has 0 bridgehead atoms. The normalized spacial score (nSPS) is 10.3. The second-order valence-corrected chi connectivity index (χ2v) is 4.97. The summed E-state index contributed by atoms with van der Waals surface area (Å²) in [6.07, 6.45) is 0. The van der Waals surface area contributed by atoms with Crippen molar-refractivity contribution in [3.8, 4) is 11.5 Å². The zero-order valence-electron chi connectivity index (χ0n) is 9.41. The average molecular weight is 312 g/mol. The fourth-order valence-electron chi connectivity index (χ4n) is 1.47. The lowest BCUT2D eigenvalue weighted by Gasteiger charge is -2.10. The fraction of sp³-hybridized carbons (Fsp3) is 0.143. The Morgan fingerprint density at radius 1 is 1.12 bits per heavy atom. The smallest absolute Gasteiger partial charge is 0.130 e. The van der Waals surface area contributed by atoms with Gasteiger partial charge in [0.05, 0.1) is 0 Å². The first-order chi connectivity index (χ1) is 8.19. The van der Waals surface area contributed by atoms with E-state index in [2.05, 4.69) is 15.9 Å². The Kier molecular flexibility index (Phi) is 4.08.